The predicted molar refractivity (Wildman–Crippen MR) is 95.6 cm³/mol. The summed E-state index contributed by atoms with van der Waals surface area (Å²) < 4.78 is 43.1. The molecule has 0 bridgehead atoms. The van der Waals surface area contributed by atoms with Gasteiger partial charge >= 0.3 is 12.1 Å². The molecule has 1 aromatic rings. The lowest BCUT2D eigenvalue weighted by Crippen LogP contribution is -2.45. The van der Waals surface area contributed by atoms with Gasteiger partial charge in [0, 0.05) is 12.1 Å². The number of benzene rings is 1. The number of halogens is 3. The third-order valence-electron chi connectivity index (χ3n) is 4.73. The minimum Gasteiger partial charge on any atom is -0.449 e. The molecule has 1 aliphatic rings. The number of esters is 1. The number of carbonyl (C=O) groups excluding carboxylic acids is 2. The maximum Gasteiger partial charge on any atom is 0.416 e. The van der Waals surface area contributed by atoms with Crippen LogP contribution < -0.4 is 5.32 Å². The van der Waals surface area contributed by atoms with Crippen LogP contribution >= 0.6 is 0 Å². The van der Waals surface area contributed by atoms with Crippen molar-refractivity contribution in [3.05, 3.63) is 41.5 Å². The highest BCUT2D eigenvalue weighted by atomic mass is 19.4. The normalized spacial score (nSPS) is 21.7. The summed E-state index contributed by atoms with van der Waals surface area (Å²) in [5.74, 6) is -0.771. The largest absolute Gasteiger partial charge is 0.449 e. The number of hydrogen-bond donors (Lipinski definition) is 1. The summed E-state index contributed by atoms with van der Waals surface area (Å²) in [7, 11) is 0. The smallest absolute Gasteiger partial charge is 0.416 e. The van der Waals surface area contributed by atoms with Crippen molar-refractivity contribution in [3.63, 3.8) is 0 Å². The summed E-state index contributed by atoms with van der Waals surface area (Å²) in [4.78, 5) is 24.0. The maximum absolute atomic E-state index is 12.7. The molecule has 0 radical (unpaired) electrons. The molecule has 0 spiro atoms. The summed E-state index contributed by atoms with van der Waals surface area (Å²) in [5, 5.41) is 2.91. The van der Waals surface area contributed by atoms with E-state index in [1.807, 2.05) is 0 Å². The molecule has 1 aromatic carbocycles. The van der Waals surface area contributed by atoms with E-state index in [9.17, 15) is 22.8 Å². The van der Waals surface area contributed by atoms with Crippen LogP contribution in [0, 0.1) is 5.92 Å². The summed E-state index contributed by atoms with van der Waals surface area (Å²) in [6.45, 7) is 3.55. The van der Waals surface area contributed by atoms with Crippen molar-refractivity contribution in [1.29, 1.82) is 0 Å². The van der Waals surface area contributed by atoms with E-state index in [4.69, 9.17) is 4.74 Å². The van der Waals surface area contributed by atoms with Crippen LogP contribution in [0.15, 0.2) is 30.3 Å². The molecule has 1 fully saturated rings. The van der Waals surface area contributed by atoms with Crippen LogP contribution in [-0.2, 0) is 20.5 Å². The minimum absolute atomic E-state index is 0.0769. The van der Waals surface area contributed by atoms with E-state index in [0.29, 0.717) is 5.92 Å². The summed E-state index contributed by atoms with van der Waals surface area (Å²) in [5.41, 5.74) is -0.581. The maximum atomic E-state index is 12.7. The number of ether oxygens (including phenoxy) is 1. The zero-order valence-corrected chi connectivity index (χ0v) is 15.4. The average molecular weight is 383 g/mol. The second-order valence-corrected chi connectivity index (χ2v) is 6.91. The van der Waals surface area contributed by atoms with Crippen molar-refractivity contribution >= 4 is 18.0 Å². The monoisotopic (exact) mass is 383 g/mol. The first-order valence-corrected chi connectivity index (χ1v) is 9.03. The molecule has 1 saturated carbocycles. The number of hydrogen-bond acceptors (Lipinski definition) is 3. The molecule has 1 amide bonds. The van der Waals surface area contributed by atoms with Gasteiger partial charge in [0.25, 0.3) is 5.91 Å². The van der Waals surface area contributed by atoms with Crippen molar-refractivity contribution in [1.82, 2.24) is 5.32 Å². The van der Waals surface area contributed by atoms with Crippen molar-refractivity contribution in [2.45, 2.75) is 57.9 Å². The molecule has 4 nitrogen and oxygen atoms in total. The highest BCUT2D eigenvalue weighted by molar-refractivity contribution is 5.90. The van der Waals surface area contributed by atoms with E-state index in [1.54, 1.807) is 0 Å². The topological polar surface area (TPSA) is 55.4 Å². The molecule has 1 N–H and O–H groups in total. The number of rotatable bonds is 5. The van der Waals surface area contributed by atoms with Gasteiger partial charge in [-0.1, -0.05) is 31.9 Å². The summed E-state index contributed by atoms with van der Waals surface area (Å²) in [6, 6.07) is 4.67. The van der Waals surface area contributed by atoms with Crippen molar-refractivity contribution < 1.29 is 27.5 Å². The van der Waals surface area contributed by atoms with Crippen LogP contribution in [0.25, 0.3) is 6.08 Å². The molecular weight excluding hydrogens is 359 g/mol. The molecule has 0 aromatic heterocycles. The number of carbonyl (C=O) groups is 2. The molecule has 2 rings (SSSR count). The first-order valence-electron chi connectivity index (χ1n) is 9.03. The Morgan fingerprint density at radius 1 is 1.26 bits per heavy atom. The molecule has 27 heavy (non-hydrogen) atoms. The van der Waals surface area contributed by atoms with E-state index in [-0.39, 0.29) is 17.5 Å². The molecule has 148 valence electrons. The Morgan fingerprint density at radius 3 is 2.63 bits per heavy atom. The van der Waals surface area contributed by atoms with Crippen LogP contribution in [-0.4, -0.2) is 24.0 Å². The van der Waals surface area contributed by atoms with Crippen LogP contribution in [0.1, 0.15) is 50.7 Å². The van der Waals surface area contributed by atoms with Gasteiger partial charge in [0.15, 0.2) is 6.10 Å². The second kappa shape index (κ2) is 9.06. The summed E-state index contributed by atoms with van der Waals surface area (Å²) in [6.07, 6.45) is 0.989. The summed E-state index contributed by atoms with van der Waals surface area (Å²) >= 11 is 0. The van der Waals surface area contributed by atoms with Gasteiger partial charge in [-0.3, -0.25) is 4.79 Å². The Hall–Kier alpha value is -2.31. The fourth-order valence-electron chi connectivity index (χ4n) is 3.08. The Labute approximate surface area is 156 Å². The van der Waals surface area contributed by atoms with Gasteiger partial charge in [0.2, 0.25) is 0 Å². The third-order valence-corrected chi connectivity index (χ3v) is 4.73. The Bertz CT molecular complexity index is 700. The zero-order chi connectivity index (χ0) is 20.0. The van der Waals surface area contributed by atoms with Gasteiger partial charge in [-0.2, -0.15) is 13.2 Å². The van der Waals surface area contributed by atoms with Crippen molar-refractivity contribution in [2.24, 2.45) is 5.92 Å². The first kappa shape index (κ1) is 21.0. The molecule has 0 saturated heterocycles. The van der Waals surface area contributed by atoms with Gasteiger partial charge in [-0.05, 0) is 49.5 Å². The van der Waals surface area contributed by atoms with Gasteiger partial charge in [-0.25, -0.2) is 4.79 Å². The molecular formula is C20H24F3NO3. The lowest BCUT2D eigenvalue weighted by Gasteiger charge is -2.30. The molecule has 3 atom stereocenters. The van der Waals surface area contributed by atoms with Gasteiger partial charge < -0.3 is 10.1 Å². The van der Waals surface area contributed by atoms with Crippen molar-refractivity contribution in [3.8, 4) is 0 Å². The SMILES string of the molecule is C[C@@H](OC(=O)/C=C/c1cccc(C(F)(F)F)c1)C(=O)N[C@H]1CCCC[C@@H]1C. The fraction of sp³-hybridized carbons (Fsp3) is 0.500. The van der Waals surface area contributed by atoms with E-state index < -0.39 is 23.8 Å². The van der Waals surface area contributed by atoms with E-state index >= 15 is 0 Å². The van der Waals surface area contributed by atoms with Crippen LogP contribution in [0.3, 0.4) is 0 Å². The Balaban J connectivity index is 1.89. The molecule has 0 heterocycles. The molecule has 0 aliphatic heterocycles. The Morgan fingerprint density at radius 2 is 1.96 bits per heavy atom. The minimum atomic E-state index is -4.45. The number of amides is 1. The molecule has 0 unspecified atom stereocenters. The Kier molecular flexibility index (Phi) is 7.05. The first-order chi connectivity index (χ1) is 12.7. The number of nitrogens with one attached hydrogen (secondary N) is 1. The molecule has 7 heteroatoms. The number of alkyl halides is 3. The predicted octanol–water partition coefficient (Wildman–Crippen LogP) is 4.35. The quantitative estimate of drug-likeness (QED) is 0.608. The van der Waals surface area contributed by atoms with Crippen LogP contribution in [0.5, 0.6) is 0 Å². The average Bonchev–Trinajstić information content (AvgIpc) is 2.61. The van der Waals surface area contributed by atoms with E-state index in [2.05, 4.69) is 12.2 Å². The van der Waals surface area contributed by atoms with E-state index in [1.165, 1.54) is 25.1 Å². The van der Waals surface area contributed by atoms with Gasteiger partial charge in [0.05, 0.1) is 5.56 Å². The van der Waals surface area contributed by atoms with Crippen LogP contribution in [0.4, 0.5) is 13.2 Å². The van der Waals surface area contributed by atoms with Crippen molar-refractivity contribution in [2.75, 3.05) is 0 Å². The van der Waals surface area contributed by atoms with E-state index in [0.717, 1.165) is 43.9 Å². The zero-order valence-electron chi connectivity index (χ0n) is 15.4. The highest BCUT2D eigenvalue weighted by Crippen LogP contribution is 2.29. The van der Waals surface area contributed by atoms with Crippen LogP contribution in [0.2, 0.25) is 0 Å². The lowest BCUT2D eigenvalue weighted by atomic mass is 9.86. The standard InChI is InChI=1S/C20H24F3NO3/c1-13-6-3-4-9-17(13)24-19(26)14(2)27-18(25)11-10-15-7-5-8-16(12-15)20(21,22)23/h5,7-8,10-14,17H,3-4,6,9H2,1-2H3,(H,24,26)/b11-10+/t13-,14+,17-/m0/s1. The van der Waals surface area contributed by atoms with Gasteiger partial charge in [0.1, 0.15) is 0 Å². The third kappa shape index (κ3) is 6.41. The fourth-order valence-corrected chi connectivity index (χ4v) is 3.08. The highest BCUT2D eigenvalue weighted by Gasteiger charge is 2.30. The van der Waals surface area contributed by atoms with Gasteiger partial charge in [-0.15, -0.1) is 0 Å². The molecule has 1 aliphatic carbocycles. The second-order valence-electron chi connectivity index (χ2n) is 6.91. The lowest BCUT2D eigenvalue weighted by molar-refractivity contribution is -0.150.